The van der Waals surface area contributed by atoms with Gasteiger partial charge in [-0.05, 0) is 38.2 Å². The third-order valence-electron chi connectivity index (χ3n) is 3.72. The van der Waals surface area contributed by atoms with Crippen LogP contribution in [-0.2, 0) is 16.6 Å². The molecule has 0 bridgehead atoms. The van der Waals surface area contributed by atoms with Gasteiger partial charge in [-0.1, -0.05) is 6.07 Å². The first-order valence-electron chi connectivity index (χ1n) is 6.51. The Bertz CT molecular complexity index is 589. The predicted octanol–water partition coefficient (Wildman–Crippen LogP) is 0.609. The molecule has 1 saturated heterocycles. The second kappa shape index (κ2) is 5.77. The molecule has 0 radical (unpaired) electrons. The van der Waals surface area contributed by atoms with Crippen molar-refractivity contribution in [2.24, 2.45) is 5.73 Å². The van der Waals surface area contributed by atoms with Crippen LogP contribution in [0.3, 0.4) is 0 Å². The number of nitrogens with two attached hydrogens (primary N) is 1. The zero-order valence-electron chi connectivity index (χ0n) is 11.7. The molecule has 1 fully saturated rings. The van der Waals surface area contributed by atoms with E-state index < -0.39 is 15.8 Å². The van der Waals surface area contributed by atoms with E-state index in [9.17, 15) is 12.8 Å². The predicted molar refractivity (Wildman–Crippen MR) is 75.1 cm³/mol. The van der Waals surface area contributed by atoms with Crippen molar-refractivity contribution < 1.29 is 12.8 Å². The van der Waals surface area contributed by atoms with Crippen molar-refractivity contribution in [3.8, 4) is 0 Å². The van der Waals surface area contributed by atoms with Crippen molar-refractivity contribution in [2.45, 2.75) is 23.9 Å². The van der Waals surface area contributed by atoms with E-state index in [1.165, 1.54) is 16.4 Å². The van der Waals surface area contributed by atoms with Crippen LogP contribution in [0.2, 0.25) is 0 Å². The van der Waals surface area contributed by atoms with Gasteiger partial charge in [0.2, 0.25) is 10.0 Å². The second-order valence-electron chi connectivity index (χ2n) is 5.23. The Morgan fingerprint density at radius 1 is 1.45 bits per heavy atom. The van der Waals surface area contributed by atoms with Gasteiger partial charge >= 0.3 is 0 Å². The number of hydrogen-bond acceptors (Lipinski definition) is 4. The number of hydrogen-bond donors (Lipinski definition) is 1. The Kier molecular flexibility index (Phi) is 4.43. The van der Waals surface area contributed by atoms with Gasteiger partial charge in [0.15, 0.2) is 0 Å². The van der Waals surface area contributed by atoms with Crippen LogP contribution >= 0.6 is 0 Å². The molecule has 20 heavy (non-hydrogen) atoms. The maximum Gasteiger partial charge on any atom is 0.243 e. The molecule has 2 rings (SSSR count). The van der Waals surface area contributed by atoms with Crippen LogP contribution < -0.4 is 5.73 Å². The van der Waals surface area contributed by atoms with E-state index in [0.29, 0.717) is 18.7 Å². The zero-order valence-corrected chi connectivity index (χ0v) is 12.5. The molecule has 112 valence electrons. The van der Waals surface area contributed by atoms with Crippen molar-refractivity contribution in [2.75, 3.05) is 27.2 Å². The highest BCUT2D eigenvalue weighted by atomic mass is 32.2. The Labute approximate surface area is 119 Å². The van der Waals surface area contributed by atoms with Crippen LogP contribution in [0.25, 0.3) is 0 Å². The van der Waals surface area contributed by atoms with Gasteiger partial charge in [0.25, 0.3) is 0 Å². The fourth-order valence-electron chi connectivity index (χ4n) is 2.43. The third-order valence-corrected chi connectivity index (χ3v) is 5.67. The zero-order chi connectivity index (χ0) is 14.9. The van der Waals surface area contributed by atoms with Gasteiger partial charge in [-0.15, -0.1) is 0 Å². The smallest absolute Gasteiger partial charge is 0.243 e. The van der Waals surface area contributed by atoms with Gasteiger partial charge in [-0.25, -0.2) is 12.8 Å². The molecule has 1 heterocycles. The van der Waals surface area contributed by atoms with Crippen molar-refractivity contribution in [3.05, 3.63) is 29.6 Å². The van der Waals surface area contributed by atoms with E-state index in [0.717, 1.165) is 12.5 Å². The van der Waals surface area contributed by atoms with Gasteiger partial charge < -0.3 is 10.6 Å². The van der Waals surface area contributed by atoms with E-state index in [4.69, 9.17) is 5.73 Å². The summed E-state index contributed by atoms with van der Waals surface area (Å²) >= 11 is 0. The molecule has 0 aliphatic carbocycles. The van der Waals surface area contributed by atoms with Gasteiger partial charge in [0.1, 0.15) is 5.82 Å². The number of likely N-dealkylation sites (N-methyl/N-ethyl adjacent to an activating group) is 1. The standard InChI is InChI=1S/C13H20FN3O2S/c1-16(2)12-5-6-17(9-12)20(18,19)13-7-11(14)4-3-10(13)8-15/h3-4,7,12H,5-6,8-9,15H2,1-2H3. The summed E-state index contributed by atoms with van der Waals surface area (Å²) in [6, 6.07) is 3.91. The van der Waals surface area contributed by atoms with Crippen LogP contribution in [-0.4, -0.2) is 50.8 Å². The van der Waals surface area contributed by atoms with E-state index in [-0.39, 0.29) is 17.5 Å². The van der Waals surface area contributed by atoms with Crippen LogP contribution in [0, 0.1) is 5.82 Å². The summed E-state index contributed by atoms with van der Waals surface area (Å²) in [6.45, 7) is 0.946. The molecule has 1 aliphatic heterocycles. The topological polar surface area (TPSA) is 66.6 Å². The summed E-state index contributed by atoms with van der Waals surface area (Å²) < 4.78 is 40.0. The lowest BCUT2D eigenvalue weighted by Gasteiger charge is -2.21. The molecule has 1 aromatic carbocycles. The fraction of sp³-hybridized carbons (Fsp3) is 0.538. The molecule has 1 aliphatic rings. The number of nitrogens with zero attached hydrogens (tertiary/aromatic N) is 2. The number of rotatable bonds is 4. The normalized spacial score (nSPS) is 20.8. The minimum Gasteiger partial charge on any atom is -0.326 e. The van der Waals surface area contributed by atoms with Gasteiger partial charge in [0.05, 0.1) is 4.90 Å². The molecule has 0 spiro atoms. The molecular weight excluding hydrogens is 281 g/mol. The highest BCUT2D eigenvalue weighted by Gasteiger charge is 2.34. The molecule has 1 unspecified atom stereocenters. The first kappa shape index (κ1) is 15.4. The summed E-state index contributed by atoms with van der Waals surface area (Å²) in [5.74, 6) is -0.566. The highest BCUT2D eigenvalue weighted by molar-refractivity contribution is 7.89. The Hall–Kier alpha value is -1.02. The summed E-state index contributed by atoms with van der Waals surface area (Å²) in [7, 11) is 0.166. The molecule has 7 heteroatoms. The lowest BCUT2D eigenvalue weighted by atomic mass is 10.2. The maximum absolute atomic E-state index is 13.4. The first-order chi connectivity index (χ1) is 9.36. The molecule has 2 N–H and O–H groups in total. The highest BCUT2D eigenvalue weighted by Crippen LogP contribution is 2.25. The largest absolute Gasteiger partial charge is 0.326 e. The second-order valence-corrected chi connectivity index (χ2v) is 7.13. The van der Waals surface area contributed by atoms with Crippen LogP contribution in [0.15, 0.2) is 23.1 Å². The fourth-order valence-corrected chi connectivity index (χ4v) is 4.16. The van der Waals surface area contributed by atoms with Crippen LogP contribution in [0.5, 0.6) is 0 Å². The molecule has 0 aromatic heterocycles. The van der Waals surface area contributed by atoms with E-state index in [1.807, 2.05) is 19.0 Å². The van der Waals surface area contributed by atoms with E-state index in [1.54, 1.807) is 0 Å². The lowest BCUT2D eigenvalue weighted by molar-refractivity contribution is 0.302. The van der Waals surface area contributed by atoms with E-state index >= 15 is 0 Å². The molecule has 1 atom stereocenters. The molecular formula is C13H20FN3O2S. The first-order valence-corrected chi connectivity index (χ1v) is 7.95. The SMILES string of the molecule is CN(C)C1CCN(S(=O)(=O)c2cc(F)ccc2CN)C1. The Morgan fingerprint density at radius 2 is 2.15 bits per heavy atom. The summed E-state index contributed by atoms with van der Waals surface area (Å²) in [4.78, 5) is 1.99. The lowest BCUT2D eigenvalue weighted by Crippen LogP contribution is -2.35. The van der Waals surface area contributed by atoms with Crippen molar-refractivity contribution in [3.63, 3.8) is 0 Å². The summed E-state index contributed by atoms with van der Waals surface area (Å²) in [5, 5.41) is 0. The number of halogens is 1. The van der Waals surface area contributed by atoms with Crippen molar-refractivity contribution in [1.82, 2.24) is 9.21 Å². The molecule has 5 nitrogen and oxygen atoms in total. The minimum absolute atomic E-state index is 0.0144. The Balaban J connectivity index is 2.34. The van der Waals surface area contributed by atoms with Crippen LogP contribution in [0.4, 0.5) is 4.39 Å². The molecule has 0 saturated carbocycles. The minimum atomic E-state index is -3.68. The van der Waals surface area contributed by atoms with E-state index in [2.05, 4.69) is 0 Å². The van der Waals surface area contributed by atoms with Gasteiger partial charge in [-0.3, -0.25) is 0 Å². The average molecular weight is 301 g/mol. The molecule has 1 aromatic rings. The summed E-state index contributed by atoms with van der Waals surface area (Å²) in [6.07, 6.45) is 0.777. The van der Waals surface area contributed by atoms with Crippen molar-refractivity contribution in [1.29, 1.82) is 0 Å². The monoisotopic (exact) mass is 301 g/mol. The number of sulfonamides is 1. The maximum atomic E-state index is 13.4. The van der Waals surface area contributed by atoms with Gasteiger partial charge in [-0.2, -0.15) is 4.31 Å². The average Bonchev–Trinajstić information content (AvgIpc) is 2.89. The Morgan fingerprint density at radius 3 is 2.70 bits per heavy atom. The number of benzene rings is 1. The summed E-state index contributed by atoms with van der Waals surface area (Å²) in [5.41, 5.74) is 6.00. The van der Waals surface area contributed by atoms with Crippen molar-refractivity contribution >= 4 is 10.0 Å². The third kappa shape index (κ3) is 2.85. The quantitative estimate of drug-likeness (QED) is 0.885. The molecule has 0 amide bonds. The van der Waals surface area contributed by atoms with Gasteiger partial charge in [0, 0.05) is 25.7 Å². The van der Waals surface area contributed by atoms with Crippen LogP contribution in [0.1, 0.15) is 12.0 Å².